The molecule has 1 heterocycles. The molecule has 0 atom stereocenters. The molecule has 2 nitrogen and oxygen atoms in total. The number of thiophene rings is 1. The Morgan fingerprint density at radius 2 is 1.05 bits per heavy atom. The molecule has 0 unspecified atom stereocenters. The molecule has 0 aliphatic carbocycles. The van der Waals surface area contributed by atoms with Gasteiger partial charge in [-0.2, -0.15) is 0 Å². The number of rotatable bonds is 6. The van der Waals surface area contributed by atoms with Crippen LogP contribution in [0.3, 0.4) is 0 Å². The molecule has 3 heteroatoms. The molecule has 0 aliphatic rings. The van der Waals surface area contributed by atoms with E-state index in [0.29, 0.717) is 11.1 Å². The molecule has 0 saturated heterocycles. The van der Waals surface area contributed by atoms with Crippen molar-refractivity contribution in [2.24, 2.45) is 0 Å². The maximum atomic E-state index is 13.0. The van der Waals surface area contributed by atoms with Crippen LogP contribution in [0.1, 0.15) is 68.6 Å². The summed E-state index contributed by atoms with van der Waals surface area (Å²) in [4.78, 5) is 15.3. The van der Waals surface area contributed by atoms with Crippen LogP contribution >= 0.6 is 11.3 Å². The molecule has 0 spiro atoms. The van der Waals surface area contributed by atoms with Crippen molar-refractivity contribution in [2.45, 2.75) is 52.4 Å². The average Bonchev–Trinajstić information content (AvgIpc) is 3.42. The maximum absolute atomic E-state index is 13.0. The van der Waals surface area contributed by atoms with E-state index < -0.39 is 0 Å². The second-order valence-electron chi connectivity index (χ2n) is 12.3. The maximum Gasteiger partial charge on any atom is 0.193 e. The molecule has 0 fully saturated rings. The fourth-order valence-electron chi connectivity index (χ4n) is 4.86. The Labute approximate surface area is 243 Å². The first-order valence-corrected chi connectivity index (χ1v) is 14.7. The first-order valence-electron chi connectivity index (χ1n) is 13.8. The topological polar surface area (TPSA) is 20.3 Å². The third kappa shape index (κ3) is 5.80. The van der Waals surface area contributed by atoms with E-state index in [0.717, 1.165) is 27.5 Å². The van der Waals surface area contributed by atoms with Gasteiger partial charge >= 0.3 is 0 Å². The lowest BCUT2D eigenvalue weighted by atomic mass is 9.86. The molecule has 4 aromatic carbocycles. The van der Waals surface area contributed by atoms with Gasteiger partial charge in [-0.05, 0) is 63.2 Å². The second-order valence-corrected chi connectivity index (χ2v) is 13.2. The van der Waals surface area contributed by atoms with Crippen LogP contribution in [0.4, 0.5) is 16.4 Å². The summed E-state index contributed by atoms with van der Waals surface area (Å²) in [6, 6.07) is 37.5. The fraction of sp³-hybridized carbons (Fsp3) is 0.216. The molecule has 1 aromatic heterocycles. The standard InChI is InChI=1S/C37H37NOS/c1-36(2,3)29-16-20-31(21-17-29)38(32-22-18-30(19-23-32)37(4,5)6)35-33(24-25-40-35)26-12-14-28(15-13-26)34(39)27-10-8-7-9-11-27/h7-25H,1-6H3. The van der Waals surface area contributed by atoms with Crippen LogP contribution < -0.4 is 4.90 Å². The van der Waals surface area contributed by atoms with E-state index in [1.165, 1.54) is 11.1 Å². The Balaban J connectivity index is 1.55. The fourth-order valence-corrected chi connectivity index (χ4v) is 5.82. The van der Waals surface area contributed by atoms with Crippen molar-refractivity contribution in [1.82, 2.24) is 0 Å². The van der Waals surface area contributed by atoms with Gasteiger partial charge in [0.2, 0.25) is 0 Å². The summed E-state index contributed by atoms with van der Waals surface area (Å²) in [6.07, 6.45) is 0. The molecule has 0 aliphatic heterocycles. The molecule has 0 saturated carbocycles. The van der Waals surface area contributed by atoms with Crippen molar-refractivity contribution in [2.75, 3.05) is 4.90 Å². The van der Waals surface area contributed by atoms with Gasteiger partial charge in [0.05, 0.1) is 0 Å². The third-order valence-electron chi connectivity index (χ3n) is 7.33. The summed E-state index contributed by atoms with van der Waals surface area (Å²) < 4.78 is 0. The van der Waals surface area contributed by atoms with Gasteiger partial charge in [0.15, 0.2) is 5.78 Å². The van der Waals surface area contributed by atoms with E-state index in [4.69, 9.17) is 0 Å². The summed E-state index contributed by atoms with van der Waals surface area (Å²) in [5, 5.41) is 3.29. The van der Waals surface area contributed by atoms with Gasteiger partial charge in [0.1, 0.15) is 5.00 Å². The normalized spacial score (nSPS) is 11.8. The van der Waals surface area contributed by atoms with Crippen molar-refractivity contribution in [3.8, 4) is 11.1 Å². The lowest BCUT2D eigenvalue weighted by Crippen LogP contribution is -2.14. The highest BCUT2D eigenvalue weighted by Gasteiger charge is 2.21. The van der Waals surface area contributed by atoms with Gasteiger partial charge in [-0.25, -0.2) is 0 Å². The number of hydrogen-bond donors (Lipinski definition) is 0. The van der Waals surface area contributed by atoms with Crippen molar-refractivity contribution in [3.63, 3.8) is 0 Å². The van der Waals surface area contributed by atoms with Crippen LogP contribution in [0.15, 0.2) is 115 Å². The number of anilines is 3. The first-order chi connectivity index (χ1) is 19.0. The number of carbonyl (C=O) groups excluding carboxylic acids is 1. The molecule has 0 bridgehead atoms. The quantitative estimate of drug-likeness (QED) is 0.199. The van der Waals surface area contributed by atoms with Gasteiger partial charge in [0, 0.05) is 28.1 Å². The molecule has 0 radical (unpaired) electrons. The number of ketones is 1. The van der Waals surface area contributed by atoms with Crippen LogP contribution in [0, 0.1) is 0 Å². The van der Waals surface area contributed by atoms with Crippen LogP contribution in [0.5, 0.6) is 0 Å². The predicted octanol–water partition coefficient (Wildman–Crippen LogP) is 10.7. The van der Waals surface area contributed by atoms with Crippen molar-refractivity contribution >= 4 is 33.5 Å². The Morgan fingerprint density at radius 1 is 0.575 bits per heavy atom. The Morgan fingerprint density at radius 3 is 1.52 bits per heavy atom. The summed E-state index contributed by atoms with van der Waals surface area (Å²) in [5.41, 5.74) is 8.66. The number of benzene rings is 4. The van der Waals surface area contributed by atoms with E-state index in [-0.39, 0.29) is 16.6 Å². The zero-order valence-electron chi connectivity index (χ0n) is 24.2. The molecular formula is C37H37NOS. The largest absolute Gasteiger partial charge is 0.301 e. The van der Waals surface area contributed by atoms with Crippen molar-refractivity contribution < 1.29 is 4.79 Å². The number of hydrogen-bond acceptors (Lipinski definition) is 3. The monoisotopic (exact) mass is 543 g/mol. The van der Waals surface area contributed by atoms with E-state index >= 15 is 0 Å². The van der Waals surface area contributed by atoms with E-state index in [9.17, 15) is 4.79 Å². The molecule has 40 heavy (non-hydrogen) atoms. The van der Waals surface area contributed by atoms with Gasteiger partial charge in [-0.15, -0.1) is 11.3 Å². The predicted molar refractivity (Wildman–Crippen MR) is 172 cm³/mol. The van der Waals surface area contributed by atoms with Crippen LogP contribution in [-0.4, -0.2) is 5.78 Å². The van der Waals surface area contributed by atoms with Crippen LogP contribution in [0.2, 0.25) is 0 Å². The minimum absolute atomic E-state index is 0.0391. The highest BCUT2D eigenvalue weighted by Crippen LogP contribution is 2.45. The minimum atomic E-state index is 0.0391. The number of carbonyl (C=O) groups is 1. The molecular weight excluding hydrogens is 506 g/mol. The number of nitrogens with zero attached hydrogens (tertiary/aromatic N) is 1. The van der Waals surface area contributed by atoms with Gasteiger partial charge in [-0.1, -0.05) is 120 Å². The van der Waals surface area contributed by atoms with Crippen LogP contribution in [-0.2, 0) is 10.8 Å². The van der Waals surface area contributed by atoms with Gasteiger partial charge in [0.25, 0.3) is 0 Å². The molecule has 202 valence electrons. The Hall–Kier alpha value is -3.95. The Bertz CT molecular complexity index is 1520. The zero-order chi connectivity index (χ0) is 28.5. The minimum Gasteiger partial charge on any atom is -0.301 e. The second kappa shape index (κ2) is 10.9. The summed E-state index contributed by atoms with van der Waals surface area (Å²) in [5.74, 6) is 0.0391. The Kier molecular flexibility index (Phi) is 7.53. The van der Waals surface area contributed by atoms with Crippen molar-refractivity contribution in [3.05, 3.63) is 137 Å². The smallest absolute Gasteiger partial charge is 0.193 e. The van der Waals surface area contributed by atoms with Gasteiger partial charge in [-0.3, -0.25) is 4.79 Å². The lowest BCUT2D eigenvalue weighted by Gasteiger charge is -2.28. The van der Waals surface area contributed by atoms with Crippen molar-refractivity contribution in [1.29, 1.82) is 0 Å². The first kappa shape index (κ1) is 27.6. The SMILES string of the molecule is CC(C)(C)c1ccc(N(c2ccc(C(C)(C)C)cc2)c2sccc2-c2ccc(C(=O)c3ccccc3)cc2)cc1. The highest BCUT2D eigenvalue weighted by atomic mass is 32.1. The van der Waals surface area contributed by atoms with E-state index in [1.807, 2.05) is 42.5 Å². The molecule has 0 N–H and O–H groups in total. The molecule has 5 rings (SSSR count). The lowest BCUT2D eigenvalue weighted by molar-refractivity contribution is 0.103. The van der Waals surface area contributed by atoms with E-state index in [2.05, 4.69) is 119 Å². The molecule has 0 amide bonds. The summed E-state index contributed by atoms with van der Waals surface area (Å²) in [6.45, 7) is 13.5. The van der Waals surface area contributed by atoms with Gasteiger partial charge < -0.3 is 4.90 Å². The summed E-state index contributed by atoms with van der Waals surface area (Å²) >= 11 is 1.73. The summed E-state index contributed by atoms with van der Waals surface area (Å²) in [7, 11) is 0. The van der Waals surface area contributed by atoms with E-state index in [1.54, 1.807) is 11.3 Å². The van der Waals surface area contributed by atoms with Crippen LogP contribution in [0.25, 0.3) is 11.1 Å². The average molecular weight is 544 g/mol. The zero-order valence-corrected chi connectivity index (χ0v) is 25.0. The molecule has 5 aromatic rings. The highest BCUT2D eigenvalue weighted by molar-refractivity contribution is 7.15. The third-order valence-corrected chi connectivity index (χ3v) is 8.22.